The Morgan fingerprint density at radius 3 is 2.27 bits per heavy atom. The van der Waals surface area contributed by atoms with Crippen molar-refractivity contribution in [2.24, 2.45) is 23.3 Å². The van der Waals surface area contributed by atoms with Gasteiger partial charge in [0.05, 0.1) is 0 Å². The van der Waals surface area contributed by atoms with Gasteiger partial charge in [-0.15, -0.1) is 10.2 Å². The molecular weight excluding hydrogens is 624 g/mol. The lowest BCUT2D eigenvalue weighted by molar-refractivity contribution is -0.127. The number of carbonyl (C=O) groups is 4. The molecule has 1 aliphatic carbocycles. The maximum absolute atomic E-state index is 14.2. The number of nitrogens with one attached hydrogen (secondary N) is 3. The third-order valence-electron chi connectivity index (χ3n) is 9.52. The topological polar surface area (TPSA) is 215 Å². The lowest BCUT2D eigenvalue weighted by Gasteiger charge is -2.35. The van der Waals surface area contributed by atoms with Crippen molar-refractivity contribution in [3.05, 3.63) is 77.6 Å². The molecule has 0 bridgehead atoms. The molecule has 14 nitrogen and oxygen atoms in total. The lowest BCUT2D eigenvalue weighted by Crippen LogP contribution is -2.52. The van der Waals surface area contributed by atoms with Gasteiger partial charge in [0.1, 0.15) is 17.8 Å². The number of pyridine rings is 1. The van der Waals surface area contributed by atoms with E-state index in [4.69, 9.17) is 11.5 Å². The molecule has 2 aliphatic rings. The van der Waals surface area contributed by atoms with E-state index < -0.39 is 23.9 Å². The maximum atomic E-state index is 14.2. The minimum atomic E-state index is -0.940. The molecule has 49 heavy (non-hydrogen) atoms. The molecule has 0 radical (unpaired) electrons. The third kappa shape index (κ3) is 7.49. The molecular formula is C35H40N10O4. The van der Waals surface area contributed by atoms with Gasteiger partial charge in [0.25, 0.3) is 5.91 Å². The molecule has 14 heteroatoms. The molecule has 1 saturated heterocycles. The van der Waals surface area contributed by atoms with E-state index in [1.54, 1.807) is 35.2 Å². The number of aryl methyl sites for hydroxylation is 1. The van der Waals surface area contributed by atoms with E-state index in [9.17, 15) is 19.2 Å². The van der Waals surface area contributed by atoms with Crippen molar-refractivity contribution in [2.75, 3.05) is 18.0 Å². The van der Waals surface area contributed by atoms with Gasteiger partial charge in [0.15, 0.2) is 0 Å². The second-order valence-corrected chi connectivity index (χ2v) is 12.7. The number of amides is 4. The highest BCUT2D eigenvalue weighted by molar-refractivity contribution is 6.02. The van der Waals surface area contributed by atoms with E-state index in [1.807, 2.05) is 37.3 Å². The van der Waals surface area contributed by atoms with Gasteiger partial charge in [0, 0.05) is 41.4 Å². The Balaban J connectivity index is 1.22. The quantitative estimate of drug-likeness (QED) is 0.158. The third-order valence-corrected chi connectivity index (χ3v) is 9.52. The van der Waals surface area contributed by atoms with Gasteiger partial charge in [-0.1, -0.05) is 30.3 Å². The molecule has 2 aromatic heterocycles. The lowest BCUT2D eigenvalue weighted by atomic mass is 9.81. The summed E-state index contributed by atoms with van der Waals surface area (Å²) in [6.45, 7) is 2.95. The standard InChI is InChI=1S/C35H40N10O4/c1-20-27(14-15-28(39-20)34(48)40-29-16-17-38-33(29)47)23-6-2-21(3-7-23)18-30(31(37)46)45(35(49)25-8-4-22(19-36)5-9-25)26-12-10-24(11-13-26)32-41-43-44-42-32/h2-3,6-7,10-15,22,25,29-30H,4-5,8-9,16-19,36H2,1H3,(H2,37,46)(H,38,47)(H,40,48)(H,41,42,43,44)/t22?,25?,29-,30+/m1/s1. The van der Waals surface area contributed by atoms with Crippen LogP contribution in [0.3, 0.4) is 0 Å². The zero-order chi connectivity index (χ0) is 34.5. The molecule has 2 aromatic carbocycles. The molecule has 0 spiro atoms. The van der Waals surface area contributed by atoms with Crippen molar-refractivity contribution < 1.29 is 19.2 Å². The largest absolute Gasteiger partial charge is 0.368 e. The number of nitrogens with two attached hydrogens (primary N) is 2. The molecule has 6 rings (SSSR count). The van der Waals surface area contributed by atoms with Crippen molar-refractivity contribution >= 4 is 29.3 Å². The summed E-state index contributed by atoms with van der Waals surface area (Å²) in [6.07, 6.45) is 3.86. The summed E-state index contributed by atoms with van der Waals surface area (Å²) in [7, 11) is 0. The average molecular weight is 665 g/mol. The summed E-state index contributed by atoms with van der Waals surface area (Å²) in [5.74, 6) is -0.787. The van der Waals surface area contributed by atoms with Gasteiger partial charge < -0.3 is 22.1 Å². The SMILES string of the molecule is Cc1nc(C(=O)N[C@@H]2CCNC2=O)ccc1-c1ccc(C[C@@H](C(N)=O)N(C(=O)C2CCC(CN)CC2)c2ccc(-c3nn[nH]n3)cc2)cc1. The normalized spacial score (nSPS) is 19.6. The van der Waals surface area contributed by atoms with Crippen LogP contribution in [-0.4, -0.2) is 74.4 Å². The van der Waals surface area contributed by atoms with Crippen LogP contribution in [0.5, 0.6) is 0 Å². The highest BCUT2D eigenvalue weighted by Gasteiger charge is 2.36. The number of aromatic amines is 1. The first-order chi connectivity index (χ1) is 23.7. The van der Waals surface area contributed by atoms with Crippen molar-refractivity contribution in [1.29, 1.82) is 0 Å². The minimum absolute atomic E-state index is 0.136. The first-order valence-electron chi connectivity index (χ1n) is 16.5. The number of H-pyrrole nitrogens is 1. The van der Waals surface area contributed by atoms with E-state index in [1.165, 1.54) is 0 Å². The van der Waals surface area contributed by atoms with E-state index in [0.717, 1.165) is 29.5 Å². The van der Waals surface area contributed by atoms with Gasteiger partial charge in [-0.05, 0) is 98.2 Å². The monoisotopic (exact) mass is 664 g/mol. The number of nitrogens with zero attached hydrogens (tertiary/aromatic N) is 5. The molecule has 4 amide bonds. The number of anilines is 1. The van der Waals surface area contributed by atoms with Crippen LogP contribution in [-0.2, 0) is 20.8 Å². The minimum Gasteiger partial charge on any atom is -0.368 e. The smallest absolute Gasteiger partial charge is 0.270 e. The first kappa shape index (κ1) is 33.4. The summed E-state index contributed by atoms with van der Waals surface area (Å²) < 4.78 is 0. The Labute approximate surface area is 283 Å². The Kier molecular flexibility index (Phi) is 10.0. The zero-order valence-electron chi connectivity index (χ0n) is 27.3. The Bertz CT molecular complexity index is 1800. The van der Waals surface area contributed by atoms with Crippen molar-refractivity contribution in [1.82, 2.24) is 36.2 Å². The molecule has 1 aliphatic heterocycles. The number of hydrogen-bond donors (Lipinski definition) is 5. The van der Waals surface area contributed by atoms with Crippen molar-refractivity contribution in [2.45, 2.75) is 57.5 Å². The molecule has 7 N–H and O–H groups in total. The van der Waals surface area contributed by atoms with Crippen LogP contribution >= 0.6 is 0 Å². The number of benzene rings is 2. The molecule has 3 heterocycles. The number of rotatable bonds is 11. The fraction of sp³-hybridized carbons (Fsp3) is 0.371. The summed E-state index contributed by atoms with van der Waals surface area (Å²) in [6, 6.07) is 16.7. The van der Waals surface area contributed by atoms with Crippen LogP contribution in [0, 0.1) is 18.8 Å². The number of tetrazole rings is 1. The zero-order valence-corrected chi connectivity index (χ0v) is 27.3. The van der Waals surface area contributed by atoms with Crippen molar-refractivity contribution in [3.8, 4) is 22.5 Å². The summed E-state index contributed by atoms with van der Waals surface area (Å²) in [5, 5.41) is 19.5. The van der Waals surface area contributed by atoms with Gasteiger partial charge in [-0.25, -0.2) is 4.98 Å². The summed E-state index contributed by atoms with van der Waals surface area (Å²) in [4.78, 5) is 58.0. The highest BCUT2D eigenvalue weighted by atomic mass is 16.2. The van der Waals surface area contributed by atoms with Gasteiger partial charge in [-0.2, -0.15) is 5.21 Å². The number of aromatic nitrogens is 5. The molecule has 4 aromatic rings. The van der Waals surface area contributed by atoms with Crippen LogP contribution < -0.4 is 27.0 Å². The van der Waals surface area contributed by atoms with Gasteiger partial charge in [-0.3, -0.25) is 24.1 Å². The molecule has 254 valence electrons. The summed E-state index contributed by atoms with van der Waals surface area (Å²) >= 11 is 0. The molecule has 0 unspecified atom stereocenters. The predicted molar refractivity (Wildman–Crippen MR) is 182 cm³/mol. The van der Waals surface area contributed by atoms with Crippen LogP contribution in [0.1, 0.15) is 53.8 Å². The fourth-order valence-electron chi connectivity index (χ4n) is 6.68. The fourth-order valence-corrected chi connectivity index (χ4v) is 6.68. The Hall–Kier alpha value is -5.50. The van der Waals surface area contributed by atoms with E-state index >= 15 is 0 Å². The summed E-state index contributed by atoms with van der Waals surface area (Å²) in [5.41, 5.74) is 16.6. The van der Waals surface area contributed by atoms with E-state index in [2.05, 4.69) is 36.2 Å². The van der Waals surface area contributed by atoms with Crippen LogP contribution in [0.2, 0.25) is 0 Å². The van der Waals surface area contributed by atoms with E-state index in [0.29, 0.717) is 61.0 Å². The first-order valence-corrected chi connectivity index (χ1v) is 16.5. The highest BCUT2D eigenvalue weighted by Crippen LogP contribution is 2.33. The van der Waals surface area contributed by atoms with Crippen molar-refractivity contribution in [3.63, 3.8) is 0 Å². The average Bonchev–Trinajstić information content (AvgIpc) is 3.81. The van der Waals surface area contributed by atoms with Crippen LogP contribution in [0.15, 0.2) is 60.7 Å². The Morgan fingerprint density at radius 1 is 0.959 bits per heavy atom. The molecule has 2 fully saturated rings. The second kappa shape index (κ2) is 14.7. The predicted octanol–water partition coefficient (Wildman–Crippen LogP) is 2.05. The number of primary amides is 1. The second-order valence-electron chi connectivity index (χ2n) is 12.7. The van der Waals surface area contributed by atoms with E-state index in [-0.39, 0.29) is 29.8 Å². The van der Waals surface area contributed by atoms with Gasteiger partial charge in [0.2, 0.25) is 23.5 Å². The maximum Gasteiger partial charge on any atom is 0.270 e. The molecule has 1 saturated carbocycles. The number of carbonyl (C=O) groups excluding carboxylic acids is 4. The van der Waals surface area contributed by atoms with Crippen LogP contribution in [0.4, 0.5) is 5.69 Å². The number of hydrogen-bond acceptors (Lipinski definition) is 9. The Morgan fingerprint density at radius 2 is 1.67 bits per heavy atom. The molecule has 2 atom stereocenters. The van der Waals surface area contributed by atoms with Gasteiger partial charge >= 0.3 is 0 Å². The van der Waals surface area contributed by atoms with Crippen LogP contribution in [0.25, 0.3) is 22.5 Å².